The highest BCUT2D eigenvalue weighted by Gasteiger charge is 2.36. The van der Waals surface area contributed by atoms with Gasteiger partial charge in [0.2, 0.25) is 5.91 Å². The number of aryl methyl sites for hydroxylation is 3. The van der Waals surface area contributed by atoms with Crippen molar-refractivity contribution in [3.63, 3.8) is 0 Å². The van der Waals surface area contributed by atoms with E-state index >= 15 is 0 Å². The third-order valence-corrected chi connectivity index (χ3v) is 4.23. The van der Waals surface area contributed by atoms with Crippen molar-refractivity contribution in [1.82, 2.24) is 5.32 Å². The van der Waals surface area contributed by atoms with Crippen molar-refractivity contribution in [2.24, 2.45) is 0 Å². The lowest BCUT2D eigenvalue weighted by molar-refractivity contribution is -0.385. The van der Waals surface area contributed by atoms with E-state index in [9.17, 15) is 32.9 Å². The molecular formula is C20H20F3N3O5. The van der Waals surface area contributed by atoms with Gasteiger partial charge in [0.15, 0.2) is 6.61 Å². The van der Waals surface area contributed by atoms with Gasteiger partial charge in [0.25, 0.3) is 11.6 Å². The normalized spacial score (nSPS) is 11.0. The number of nitro benzene ring substituents is 1. The summed E-state index contributed by atoms with van der Waals surface area (Å²) in [5.74, 6) is -2.09. The van der Waals surface area contributed by atoms with Crippen LogP contribution in [-0.2, 0) is 15.8 Å². The number of hydrogen-bond donors (Lipinski definition) is 2. The summed E-state index contributed by atoms with van der Waals surface area (Å²) in [6, 6.07) is 5.70. The number of nitrogens with zero attached hydrogens (tertiary/aromatic N) is 1. The average Bonchev–Trinajstić information content (AvgIpc) is 2.66. The number of non-ortho nitro benzene ring substituents is 1. The Kier molecular flexibility index (Phi) is 7.21. The highest BCUT2D eigenvalue weighted by Crippen LogP contribution is 2.38. The molecule has 2 amide bonds. The Morgan fingerprint density at radius 1 is 1.06 bits per heavy atom. The standard InChI is InChI=1S/C20H20F3N3O5/c1-11-6-12(2)19(13(3)7-11)25-17(27)9-24-18(28)10-31-16-5-4-14(26(29)30)8-15(16)20(21,22)23/h4-8H,9-10H2,1-3H3,(H,24,28)(H,25,27). The van der Waals surface area contributed by atoms with Crippen LogP contribution in [0.2, 0.25) is 0 Å². The molecule has 0 aliphatic rings. The van der Waals surface area contributed by atoms with E-state index in [1.807, 2.05) is 32.9 Å². The molecule has 0 bridgehead atoms. The minimum atomic E-state index is -4.92. The fourth-order valence-electron chi connectivity index (χ4n) is 2.91. The molecule has 0 aliphatic heterocycles. The van der Waals surface area contributed by atoms with Gasteiger partial charge in [-0.15, -0.1) is 0 Å². The van der Waals surface area contributed by atoms with E-state index in [2.05, 4.69) is 10.6 Å². The highest BCUT2D eigenvalue weighted by molar-refractivity contribution is 5.95. The third kappa shape index (κ3) is 6.43. The Morgan fingerprint density at radius 2 is 1.68 bits per heavy atom. The number of benzene rings is 2. The second-order valence-corrected chi connectivity index (χ2v) is 6.82. The number of carbonyl (C=O) groups is 2. The molecule has 0 saturated carbocycles. The van der Waals surface area contributed by atoms with Gasteiger partial charge in [0.1, 0.15) is 11.3 Å². The number of amides is 2. The van der Waals surface area contributed by atoms with Crippen molar-refractivity contribution < 1.29 is 32.4 Å². The van der Waals surface area contributed by atoms with Gasteiger partial charge in [0.05, 0.1) is 11.5 Å². The molecule has 0 fully saturated rings. The maximum absolute atomic E-state index is 13.1. The van der Waals surface area contributed by atoms with E-state index < -0.39 is 53.1 Å². The van der Waals surface area contributed by atoms with Crippen LogP contribution >= 0.6 is 0 Å². The van der Waals surface area contributed by atoms with Crippen LogP contribution in [-0.4, -0.2) is 29.9 Å². The average molecular weight is 439 g/mol. The number of rotatable bonds is 7. The Labute approximate surface area is 175 Å². The van der Waals surface area contributed by atoms with E-state index in [4.69, 9.17) is 4.74 Å². The van der Waals surface area contributed by atoms with Gasteiger partial charge in [-0.05, 0) is 38.0 Å². The van der Waals surface area contributed by atoms with Crippen LogP contribution < -0.4 is 15.4 Å². The summed E-state index contributed by atoms with van der Waals surface area (Å²) in [7, 11) is 0. The SMILES string of the molecule is Cc1cc(C)c(NC(=O)CNC(=O)COc2ccc([N+](=O)[O-])cc2C(F)(F)F)c(C)c1. The van der Waals surface area contributed by atoms with Crippen molar-refractivity contribution in [3.8, 4) is 5.75 Å². The molecule has 0 aliphatic carbocycles. The number of carbonyl (C=O) groups excluding carboxylic acids is 2. The molecule has 2 aromatic carbocycles. The molecule has 0 aromatic heterocycles. The lowest BCUT2D eigenvalue weighted by atomic mass is 10.1. The highest BCUT2D eigenvalue weighted by atomic mass is 19.4. The summed E-state index contributed by atoms with van der Waals surface area (Å²) in [4.78, 5) is 33.7. The largest absolute Gasteiger partial charge is 0.483 e. The second kappa shape index (κ2) is 9.45. The van der Waals surface area contributed by atoms with Gasteiger partial charge in [-0.2, -0.15) is 13.2 Å². The first-order chi connectivity index (χ1) is 14.4. The molecule has 8 nitrogen and oxygen atoms in total. The number of anilines is 1. The summed E-state index contributed by atoms with van der Waals surface area (Å²) in [5.41, 5.74) is 1.20. The molecule has 0 atom stereocenters. The first kappa shape index (κ1) is 23.6. The Hall–Kier alpha value is -3.63. The molecule has 2 rings (SSSR count). The molecule has 31 heavy (non-hydrogen) atoms. The first-order valence-electron chi connectivity index (χ1n) is 9.01. The second-order valence-electron chi connectivity index (χ2n) is 6.82. The van der Waals surface area contributed by atoms with Gasteiger partial charge >= 0.3 is 6.18 Å². The number of nitrogens with one attached hydrogen (secondary N) is 2. The van der Waals surface area contributed by atoms with Gasteiger partial charge in [-0.25, -0.2) is 0 Å². The van der Waals surface area contributed by atoms with E-state index in [1.165, 1.54) is 0 Å². The van der Waals surface area contributed by atoms with Crippen LogP contribution in [0.5, 0.6) is 5.75 Å². The maximum Gasteiger partial charge on any atom is 0.420 e. The summed E-state index contributed by atoms with van der Waals surface area (Å²) >= 11 is 0. The number of nitro groups is 1. The molecule has 2 N–H and O–H groups in total. The summed E-state index contributed by atoms with van der Waals surface area (Å²) in [5, 5.41) is 15.6. The fraction of sp³-hybridized carbons (Fsp3) is 0.300. The molecule has 0 saturated heterocycles. The van der Waals surface area contributed by atoms with Crippen LogP contribution in [0.4, 0.5) is 24.5 Å². The first-order valence-corrected chi connectivity index (χ1v) is 9.01. The van der Waals surface area contributed by atoms with Gasteiger partial charge in [0, 0.05) is 17.8 Å². The summed E-state index contributed by atoms with van der Waals surface area (Å²) in [6.45, 7) is 4.34. The molecule has 0 spiro atoms. The van der Waals surface area contributed by atoms with Crippen LogP contribution in [0.1, 0.15) is 22.3 Å². The van der Waals surface area contributed by atoms with E-state index in [0.717, 1.165) is 28.8 Å². The Bertz CT molecular complexity index is 999. The van der Waals surface area contributed by atoms with Gasteiger partial charge in [-0.1, -0.05) is 17.7 Å². The monoisotopic (exact) mass is 439 g/mol. The van der Waals surface area contributed by atoms with Crippen molar-refractivity contribution in [3.05, 3.63) is 62.7 Å². The molecule has 2 aromatic rings. The van der Waals surface area contributed by atoms with Crippen molar-refractivity contribution >= 4 is 23.2 Å². The topological polar surface area (TPSA) is 111 Å². The number of ether oxygens (including phenoxy) is 1. The molecule has 0 heterocycles. The van der Waals surface area contributed by atoms with E-state index in [0.29, 0.717) is 11.8 Å². The number of hydrogen-bond acceptors (Lipinski definition) is 5. The minimum absolute atomic E-state index is 0.326. The van der Waals surface area contributed by atoms with Crippen molar-refractivity contribution in [2.75, 3.05) is 18.5 Å². The van der Waals surface area contributed by atoms with E-state index in [-0.39, 0.29) is 0 Å². The number of alkyl halides is 3. The molecule has 0 radical (unpaired) electrons. The maximum atomic E-state index is 13.1. The Morgan fingerprint density at radius 3 is 2.23 bits per heavy atom. The predicted molar refractivity (Wildman–Crippen MR) is 106 cm³/mol. The van der Waals surface area contributed by atoms with Crippen molar-refractivity contribution in [2.45, 2.75) is 26.9 Å². The van der Waals surface area contributed by atoms with Crippen molar-refractivity contribution in [1.29, 1.82) is 0 Å². The smallest absolute Gasteiger partial charge is 0.420 e. The Balaban J connectivity index is 1.95. The zero-order valence-electron chi connectivity index (χ0n) is 16.9. The lowest BCUT2D eigenvalue weighted by Gasteiger charge is -2.14. The zero-order valence-corrected chi connectivity index (χ0v) is 16.9. The van der Waals surface area contributed by atoms with Crippen LogP contribution in [0, 0.1) is 30.9 Å². The summed E-state index contributed by atoms with van der Waals surface area (Å²) < 4.78 is 44.2. The number of halogens is 3. The van der Waals surface area contributed by atoms with Crippen LogP contribution in [0.3, 0.4) is 0 Å². The van der Waals surface area contributed by atoms with Gasteiger partial charge < -0.3 is 15.4 Å². The van der Waals surface area contributed by atoms with Crippen LogP contribution in [0.25, 0.3) is 0 Å². The lowest BCUT2D eigenvalue weighted by Crippen LogP contribution is -2.36. The summed E-state index contributed by atoms with van der Waals surface area (Å²) in [6.07, 6.45) is -4.92. The third-order valence-electron chi connectivity index (χ3n) is 4.23. The van der Waals surface area contributed by atoms with Gasteiger partial charge in [-0.3, -0.25) is 19.7 Å². The molecule has 166 valence electrons. The predicted octanol–water partition coefficient (Wildman–Crippen LogP) is 3.67. The van der Waals surface area contributed by atoms with E-state index in [1.54, 1.807) is 0 Å². The zero-order chi connectivity index (χ0) is 23.3. The quantitative estimate of drug-likeness (QED) is 0.505. The molecule has 11 heteroatoms. The molecule has 0 unspecified atom stereocenters. The minimum Gasteiger partial charge on any atom is -0.483 e. The molecular weight excluding hydrogens is 419 g/mol. The fourth-order valence-corrected chi connectivity index (χ4v) is 2.91. The van der Waals surface area contributed by atoms with Crippen LogP contribution in [0.15, 0.2) is 30.3 Å².